The zero-order chi connectivity index (χ0) is 50.6. The number of esters is 2. The fourth-order valence-electron chi connectivity index (χ4n) is 8.37. The Labute approximate surface area is 426 Å². The second-order valence-electron chi connectivity index (χ2n) is 20.9. The lowest BCUT2D eigenvalue weighted by atomic mass is 10.0. The molecule has 0 rings (SSSR count). The van der Waals surface area contributed by atoms with Crippen molar-refractivity contribution in [2.75, 3.05) is 47.5 Å². The minimum Gasteiger partial charge on any atom is -0.545 e. The van der Waals surface area contributed by atoms with Gasteiger partial charge in [-0.05, 0) is 51.4 Å². The van der Waals surface area contributed by atoms with Crippen LogP contribution in [0.15, 0.2) is 36.5 Å². The van der Waals surface area contributed by atoms with E-state index in [2.05, 4.69) is 50.3 Å². The highest BCUT2D eigenvalue weighted by molar-refractivity contribution is 5.70. The average molecular weight is 975 g/mol. The highest BCUT2D eigenvalue weighted by Gasteiger charge is 2.22. The normalized spacial score (nSPS) is 13.0. The summed E-state index contributed by atoms with van der Waals surface area (Å²) in [6, 6.07) is 0. The molecule has 2 atom stereocenters. The lowest BCUT2D eigenvalue weighted by Gasteiger charge is -2.26. The molecule has 0 spiro atoms. The van der Waals surface area contributed by atoms with Crippen LogP contribution in [0, 0.1) is 0 Å². The van der Waals surface area contributed by atoms with E-state index in [1.165, 1.54) is 193 Å². The highest BCUT2D eigenvalue weighted by Crippen LogP contribution is 2.17. The first-order valence-electron chi connectivity index (χ1n) is 29.1. The van der Waals surface area contributed by atoms with Gasteiger partial charge in [0, 0.05) is 12.8 Å². The van der Waals surface area contributed by atoms with Gasteiger partial charge >= 0.3 is 11.9 Å². The van der Waals surface area contributed by atoms with Crippen molar-refractivity contribution in [3.05, 3.63) is 36.5 Å². The molecule has 0 amide bonds. The van der Waals surface area contributed by atoms with Gasteiger partial charge < -0.3 is 33.3 Å². The standard InChI is InChI=1S/C60H111NO8/c1-6-8-10-12-14-16-18-19-20-21-22-23-24-25-26-27-28-29-30-31-32-33-34-35-36-37-38-39-41-43-45-47-49-51-58(63)69-56(55-68-60(59(64)65)66-53-52-61(3,4)5)54-67-57(62)50-48-46-44-42-40-17-15-13-11-9-7-2/h18-19,21-22,24-25,56,60H,6-17,20,23,26-55H2,1-5H3/b19-18-,22-21-,25-24-. The fourth-order valence-corrected chi connectivity index (χ4v) is 8.37. The first kappa shape index (κ1) is 66.5. The average Bonchev–Trinajstić information content (AvgIpc) is 3.31. The van der Waals surface area contributed by atoms with Crippen molar-refractivity contribution >= 4 is 17.9 Å². The van der Waals surface area contributed by atoms with E-state index >= 15 is 0 Å². The third-order valence-corrected chi connectivity index (χ3v) is 12.9. The van der Waals surface area contributed by atoms with Crippen molar-refractivity contribution in [1.82, 2.24) is 0 Å². The molecule has 404 valence electrons. The van der Waals surface area contributed by atoms with Crippen LogP contribution in [0.1, 0.15) is 271 Å². The Morgan fingerprint density at radius 3 is 1.16 bits per heavy atom. The summed E-state index contributed by atoms with van der Waals surface area (Å²) in [5.41, 5.74) is 0. The predicted octanol–water partition coefficient (Wildman–Crippen LogP) is 15.6. The molecule has 9 nitrogen and oxygen atoms in total. The van der Waals surface area contributed by atoms with Gasteiger partial charge in [-0.15, -0.1) is 0 Å². The number of likely N-dealkylation sites (N-methyl/N-ethyl adjacent to an activating group) is 1. The fraction of sp³-hybridized carbons (Fsp3) is 0.850. The van der Waals surface area contributed by atoms with E-state index in [0.717, 1.165) is 51.4 Å². The molecular formula is C60H111NO8. The second-order valence-corrected chi connectivity index (χ2v) is 20.9. The zero-order valence-corrected chi connectivity index (χ0v) is 45.9. The number of unbranched alkanes of at least 4 members (excludes halogenated alkanes) is 33. The second kappa shape index (κ2) is 51.9. The van der Waals surface area contributed by atoms with Gasteiger partial charge in [-0.3, -0.25) is 9.59 Å². The number of carbonyl (C=O) groups excluding carboxylic acids is 3. The molecule has 0 radical (unpaired) electrons. The Balaban J connectivity index is 4.03. The number of hydrogen-bond donors (Lipinski definition) is 0. The quantitative estimate of drug-likeness (QED) is 0.0195. The summed E-state index contributed by atoms with van der Waals surface area (Å²) in [5, 5.41) is 11.7. The smallest absolute Gasteiger partial charge is 0.306 e. The Kier molecular flexibility index (Phi) is 50.0. The number of rotatable bonds is 54. The molecule has 69 heavy (non-hydrogen) atoms. The number of carboxylic acids is 1. The Bertz CT molecular complexity index is 1230. The van der Waals surface area contributed by atoms with E-state index in [1.54, 1.807) is 0 Å². The van der Waals surface area contributed by atoms with E-state index < -0.39 is 24.3 Å². The summed E-state index contributed by atoms with van der Waals surface area (Å²) in [6.07, 6.45) is 59.3. The van der Waals surface area contributed by atoms with Crippen molar-refractivity contribution in [3.63, 3.8) is 0 Å². The monoisotopic (exact) mass is 974 g/mol. The number of allylic oxidation sites excluding steroid dienone is 6. The summed E-state index contributed by atoms with van der Waals surface area (Å²) in [4.78, 5) is 37.1. The van der Waals surface area contributed by atoms with Crippen LogP contribution in [0.2, 0.25) is 0 Å². The van der Waals surface area contributed by atoms with Crippen molar-refractivity contribution in [2.45, 2.75) is 283 Å². The van der Waals surface area contributed by atoms with Crippen LogP contribution in [0.5, 0.6) is 0 Å². The predicted molar refractivity (Wildman–Crippen MR) is 288 cm³/mol. The summed E-state index contributed by atoms with van der Waals surface area (Å²) in [6.45, 7) is 4.75. The van der Waals surface area contributed by atoms with E-state index in [0.29, 0.717) is 17.4 Å². The van der Waals surface area contributed by atoms with Crippen LogP contribution in [0.25, 0.3) is 0 Å². The highest BCUT2D eigenvalue weighted by atomic mass is 16.7. The van der Waals surface area contributed by atoms with E-state index in [1.807, 2.05) is 21.1 Å². The molecule has 0 aliphatic rings. The van der Waals surface area contributed by atoms with E-state index in [-0.39, 0.29) is 32.2 Å². The zero-order valence-electron chi connectivity index (χ0n) is 45.9. The number of nitrogens with zero attached hydrogens (tertiary/aromatic N) is 1. The molecular weight excluding hydrogens is 863 g/mol. The van der Waals surface area contributed by atoms with Crippen molar-refractivity contribution in [2.24, 2.45) is 0 Å². The van der Waals surface area contributed by atoms with E-state index in [4.69, 9.17) is 18.9 Å². The Hall–Kier alpha value is -2.49. The van der Waals surface area contributed by atoms with E-state index in [9.17, 15) is 19.5 Å². The SMILES string of the molecule is CCCCCCC/C=C\C/C=C\C/C=C\CCCCCCCCCCCCCCCCCCCCC(=O)OC(COC(=O)CCCCCCCCCCCCC)COC(OCC[N+](C)(C)C)C(=O)[O-]. The number of quaternary nitrogens is 1. The van der Waals surface area contributed by atoms with Gasteiger partial charge in [0.1, 0.15) is 13.2 Å². The largest absolute Gasteiger partial charge is 0.545 e. The molecule has 9 heteroatoms. The van der Waals surface area contributed by atoms with Crippen molar-refractivity contribution in [1.29, 1.82) is 0 Å². The molecule has 0 heterocycles. The lowest BCUT2D eigenvalue weighted by molar-refractivity contribution is -0.870. The maximum Gasteiger partial charge on any atom is 0.306 e. The van der Waals surface area contributed by atoms with Gasteiger partial charge in [-0.1, -0.05) is 243 Å². The van der Waals surface area contributed by atoms with Gasteiger partial charge in [-0.25, -0.2) is 0 Å². The number of ether oxygens (including phenoxy) is 4. The Morgan fingerprint density at radius 1 is 0.435 bits per heavy atom. The van der Waals surface area contributed by atoms with Gasteiger partial charge in [0.2, 0.25) is 0 Å². The first-order valence-corrected chi connectivity index (χ1v) is 29.1. The van der Waals surface area contributed by atoms with Crippen LogP contribution < -0.4 is 5.11 Å². The van der Waals surface area contributed by atoms with Crippen LogP contribution >= 0.6 is 0 Å². The molecule has 0 aromatic carbocycles. The summed E-state index contributed by atoms with van der Waals surface area (Å²) in [7, 11) is 5.92. The molecule has 0 saturated heterocycles. The van der Waals surface area contributed by atoms with Crippen LogP contribution in [-0.2, 0) is 33.3 Å². The molecule has 0 N–H and O–H groups in total. The van der Waals surface area contributed by atoms with Crippen LogP contribution in [0.4, 0.5) is 0 Å². The lowest BCUT2D eigenvalue weighted by Crippen LogP contribution is -2.44. The molecule has 0 fully saturated rings. The molecule has 0 aromatic heterocycles. The summed E-state index contributed by atoms with van der Waals surface area (Å²) in [5.74, 6) is -2.27. The molecule has 2 unspecified atom stereocenters. The van der Waals surface area contributed by atoms with Gasteiger partial charge in [-0.2, -0.15) is 0 Å². The van der Waals surface area contributed by atoms with Gasteiger partial charge in [0.15, 0.2) is 12.4 Å². The number of hydrogen-bond acceptors (Lipinski definition) is 8. The number of aliphatic carboxylic acids is 1. The van der Waals surface area contributed by atoms with Gasteiger partial charge in [0.05, 0.1) is 40.3 Å². The minimum absolute atomic E-state index is 0.150. The maximum atomic E-state index is 12.8. The molecule has 0 bridgehead atoms. The van der Waals surface area contributed by atoms with Crippen LogP contribution in [0.3, 0.4) is 0 Å². The summed E-state index contributed by atoms with van der Waals surface area (Å²) < 4.78 is 22.6. The van der Waals surface area contributed by atoms with Crippen LogP contribution in [-0.4, -0.2) is 82.3 Å². The Morgan fingerprint density at radius 2 is 0.783 bits per heavy atom. The first-order chi connectivity index (χ1) is 33.6. The third-order valence-electron chi connectivity index (χ3n) is 12.9. The third kappa shape index (κ3) is 53.1. The van der Waals surface area contributed by atoms with Crippen molar-refractivity contribution < 1.29 is 42.9 Å². The summed E-state index contributed by atoms with van der Waals surface area (Å²) >= 11 is 0. The number of carbonyl (C=O) groups is 3. The minimum atomic E-state index is -1.62. The topological polar surface area (TPSA) is 111 Å². The molecule has 0 aliphatic heterocycles. The van der Waals surface area contributed by atoms with Gasteiger partial charge in [0.25, 0.3) is 0 Å². The maximum absolute atomic E-state index is 12.8. The molecule has 0 aliphatic carbocycles. The van der Waals surface area contributed by atoms with Crippen molar-refractivity contribution in [3.8, 4) is 0 Å². The number of carboxylic acid groups (broad SMARTS) is 1. The molecule has 0 aromatic rings. The molecule has 0 saturated carbocycles.